The van der Waals surface area contributed by atoms with Gasteiger partial charge in [-0.05, 0) is 88.0 Å². The lowest BCUT2D eigenvalue weighted by molar-refractivity contribution is -0.147. The number of methoxy groups -OCH3 is 1. The van der Waals surface area contributed by atoms with Gasteiger partial charge in [0.25, 0.3) is 0 Å². The van der Waals surface area contributed by atoms with E-state index in [2.05, 4.69) is 16.0 Å². The highest BCUT2D eigenvalue weighted by Crippen LogP contribution is 2.39. The van der Waals surface area contributed by atoms with Gasteiger partial charge in [0.1, 0.15) is 17.7 Å². The molecule has 3 aliphatic rings. The van der Waals surface area contributed by atoms with Gasteiger partial charge in [-0.15, -0.1) is 0 Å². The molecule has 16 heteroatoms. The lowest BCUT2D eigenvalue weighted by atomic mass is 9.79. The fourth-order valence-electron chi connectivity index (χ4n) is 6.39. The van der Waals surface area contributed by atoms with Crippen LogP contribution in [0.1, 0.15) is 74.1 Å². The van der Waals surface area contributed by atoms with Crippen LogP contribution in [0.2, 0.25) is 12.6 Å². The third-order valence-electron chi connectivity index (χ3n) is 9.51. The SMILES string of the molecule is CN[C@H]1CN(C(=O)OC(C)(C)C)[C@H](C(=O)OC)[C@@H]1CCCB1OC(C)(C)C(C)(C)O1.CN[C@H]1CN[C@H](C(=O)O)[C@@H]1CCCB(O)O. The van der Waals surface area contributed by atoms with E-state index in [9.17, 15) is 14.4 Å². The second-order valence-electron chi connectivity index (χ2n) is 14.5. The number of rotatable bonds is 12. The molecule has 46 heavy (non-hydrogen) atoms. The fourth-order valence-corrected chi connectivity index (χ4v) is 6.39. The smallest absolute Gasteiger partial charge is 0.457 e. The molecule has 3 aliphatic heterocycles. The van der Waals surface area contributed by atoms with Crippen molar-refractivity contribution in [2.75, 3.05) is 34.3 Å². The molecule has 0 spiro atoms. The predicted octanol–water partition coefficient (Wildman–Crippen LogP) is 1.36. The molecule has 3 heterocycles. The minimum Gasteiger partial charge on any atom is -0.480 e. The normalized spacial score (nSPS) is 28.4. The second kappa shape index (κ2) is 16.9. The summed E-state index contributed by atoms with van der Waals surface area (Å²) in [5.74, 6) is -1.34. The highest BCUT2D eigenvalue weighted by molar-refractivity contribution is 6.45. The van der Waals surface area contributed by atoms with Gasteiger partial charge in [-0.25, -0.2) is 9.59 Å². The number of hydrogen-bond acceptors (Lipinski definition) is 12. The number of hydrogen-bond donors (Lipinski definition) is 6. The molecular formula is C30H58B2N4O10. The molecule has 0 aromatic carbocycles. The van der Waals surface area contributed by atoms with Gasteiger partial charge in [0.2, 0.25) is 0 Å². The standard InChI is InChI=1S/C21H39BN2O6.C9H19BN2O4/c1-19(2,3)28-18(26)24-13-15(23-8)14(16(24)17(25)27-9)11-10-12-22-29-20(4,5)21(6,7)30-22;1-11-7-5-12-8(9(13)14)6(7)3-2-4-10(15)16/h14-16,23H,10-13H2,1-9H3;6-8,11-12,15-16H,2-5H2,1H3,(H,13,14)/t14-,15+,16+;6-,7+,8+/m11/s1. The van der Waals surface area contributed by atoms with E-state index < -0.39 is 42.8 Å². The number of nitrogens with zero attached hydrogens (tertiary/aromatic N) is 1. The Morgan fingerprint density at radius 1 is 1.00 bits per heavy atom. The number of amides is 1. The summed E-state index contributed by atoms with van der Waals surface area (Å²) in [7, 11) is 3.43. The zero-order chi connectivity index (χ0) is 35.0. The molecule has 3 saturated heterocycles. The van der Waals surface area contributed by atoms with Crippen LogP contribution in [-0.2, 0) is 28.4 Å². The van der Waals surface area contributed by atoms with E-state index in [0.29, 0.717) is 32.3 Å². The van der Waals surface area contributed by atoms with E-state index in [1.165, 1.54) is 12.0 Å². The number of esters is 1. The zero-order valence-electron chi connectivity index (χ0n) is 29.4. The summed E-state index contributed by atoms with van der Waals surface area (Å²) >= 11 is 0. The van der Waals surface area contributed by atoms with Crippen molar-refractivity contribution in [1.82, 2.24) is 20.9 Å². The van der Waals surface area contributed by atoms with Crippen LogP contribution in [-0.4, -0.2) is 128 Å². The van der Waals surface area contributed by atoms with Crippen LogP contribution in [0.5, 0.6) is 0 Å². The molecule has 3 rings (SSSR count). The molecule has 0 saturated carbocycles. The van der Waals surface area contributed by atoms with Crippen molar-refractivity contribution in [3.63, 3.8) is 0 Å². The van der Waals surface area contributed by atoms with E-state index in [4.69, 9.17) is 33.9 Å². The van der Waals surface area contributed by atoms with Crippen molar-refractivity contribution < 1.29 is 48.3 Å². The van der Waals surface area contributed by atoms with Gasteiger partial charge in [-0.1, -0.05) is 12.8 Å². The number of ether oxygens (including phenoxy) is 2. The number of carboxylic acids is 1. The first kappa shape index (κ1) is 40.2. The molecule has 0 aromatic rings. The molecule has 14 nitrogen and oxygen atoms in total. The Labute approximate surface area is 275 Å². The van der Waals surface area contributed by atoms with Gasteiger partial charge in [-0.3, -0.25) is 9.69 Å². The summed E-state index contributed by atoms with van der Waals surface area (Å²) in [6, 6.07) is -1.11. The molecule has 6 atom stereocenters. The topological polar surface area (TPSA) is 188 Å². The van der Waals surface area contributed by atoms with Crippen LogP contribution >= 0.6 is 0 Å². The van der Waals surface area contributed by atoms with Crippen LogP contribution in [0.25, 0.3) is 0 Å². The monoisotopic (exact) mass is 656 g/mol. The van der Waals surface area contributed by atoms with Crippen LogP contribution < -0.4 is 16.0 Å². The number of likely N-dealkylation sites (tertiary alicyclic amines) is 1. The van der Waals surface area contributed by atoms with Gasteiger partial charge in [0.05, 0.1) is 18.3 Å². The van der Waals surface area contributed by atoms with Gasteiger partial charge < -0.3 is 49.9 Å². The molecule has 0 aromatic heterocycles. The molecule has 0 bridgehead atoms. The van der Waals surface area contributed by atoms with E-state index in [0.717, 1.165) is 19.2 Å². The number of nitrogens with one attached hydrogen (secondary N) is 3. The molecule has 264 valence electrons. The first-order chi connectivity index (χ1) is 21.3. The lowest BCUT2D eigenvalue weighted by Crippen LogP contribution is -2.46. The Kier molecular flexibility index (Phi) is 14.8. The van der Waals surface area contributed by atoms with Crippen LogP contribution in [0.15, 0.2) is 0 Å². The van der Waals surface area contributed by atoms with E-state index in [-0.39, 0.29) is 42.2 Å². The lowest BCUT2D eigenvalue weighted by Gasteiger charge is -2.32. The molecule has 0 radical (unpaired) electrons. The molecule has 0 aliphatic carbocycles. The van der Waals surface area contributed by atoms with Crippen molar-refractivity contribution in [2.45, 2.75) is 128 Å². The first-order valence-electron chi connectivity index (χ1n) is 16.4. The molecule has 1 amide bonds. The minimum absolute atomic E-state index is 0.00116. The third-order valence-corrected chi connectivity index (χ3v) is 9.51. The summed E-state index contributed by atoms with van der Waals surface area (Å²) < 4.78 is 22.7. The quantitative estimate of drug-likeness (QED) is 0.131. The molecule has 3 fully saturated rings. The Morgan fingerprint density at radius 2 is 1.57 bits per heavy atom. The van der Waals surface area contributed by atoms with E-state index in [1.807, 2.05) is 62.6 Å². The maximum atomic E-state index is 12.8. The van der Waals surface area contributed by atoms with Gasteiger partial charge in [0.15, 0.2) is 0 Å². The summed E-state index contributed by atoms with van der Waals surface area (Å²) in [6.07, 6.45) is 3.34. The molecular weight excluding hydrogens is 598 g/mol. The van der Waals surface area contributed by atoms with Gasteiger partial charge in [0, 0.05) is 37.0 Å². The Bertz CT molecular complexity index is 997. The number of carbonyl (C=O) groups excluding carboxylic acids is 2. The summed E-state index contributed by atoms with van der Waals surface area (Å²) in [6.45, 7) is 14.6. The average Bonchev–Trinajstić information content (AvgIpc) is 3.58. The summed E-state index contributed by atoms with van der Waals surface area (Å²) in [5, 5.41) is 35.8. The van der Waals surface area contributed by atoms with Gasteiger partial charge in [-0.2, -0.15) is 0 Å². The molecule has 0 unspecified atom stereocenters. The number of carboxylic acid groups (broad SMARTS) is 1. The summed E-state index contributed by atoms with van der Waals surface area (Å²) in [4.78, 5) is 37.8. The van der Waals surface area contributed by atoms with Crippen molar-refractivity contribution in [2.24, 2.45) is 11.8 Å². The maximum absolute atomic E-state index is 12.8. The Morgan fingerprint density at radius 3 is 2.04 bits per heavy atom. The number of likely N-dealkylation sites (N-methyl/N-ethyl adjacent to an activating group) is 2. The van der Waals surface area contributed by atoms with Crippen molar-refractivity contribution in [3.05, 3.63) is 0 Å². The van der Waals surface area contributed by atoms with E-state index >= 15 is 0 Å². The second-order valence-corrected chi connectivity index (χ2v) is 14.5. The number of carbonyl (C=O) groups is 3. The fraction of sp³-hybridized carbons (Fsp3) is 0.900. The minimum atomic E-state index is -1.30. The molecule has 6 N–H and O–H groups in total. The highest BCUT2D eigenvalue weighted by Gasteiger charge is 2.52. The van der Waals surface area contributed by atoms with Crippen LogP contribution in [0.4, 0.5) is 4.79 Å². The van der Waals surface area contributed by atoms with Crippen molar-refractivity contribution >= 4 is 32.3 Å². The maximum Gasteiger partial charge on any atom is 0.457 e. The number of aliphatic carboxylic acids is 1. The third kappa shape index (κ3) is 10.8. The largest absolute Gasteiger partial charge is 0.480 e. The van der Waals surface area contributed by atoms with Crippen molar-refractivity contribution in [1.29, 1.82) is 0 Å². The van der Waals surface area contributed by atoms with Crippen LogP contribution in [0.3, 0.4) is 0 Å². The zero-order valence-corrected chi connectivity index (χ0v) is 29.4. The Balaban J connectivity index is 0.000000387. The predicted molar refractivity (Wildman–Crippen MR) is 175 cm³/mol. The highest BCUT2D eigenvalue weighted by atomic mass is 16.7. The average molecular weight is 656 g/mol. The van der Waals surface area contributed by atoms with Crippen molar-refractivity contribution in [3.8, 4) is 0 Å². The Hall–Kier alpha value is -1.94. The first-order valence-corrected chi connectivity index (χ1v) is 16.4. The van der Waals surface area contributed by atoms with Gasteiger partial charge >= 0.3 is 32.3 Å². The summed E-state index contributed by atoms with van der Waals surface area (Å²) in [5.41, 5.74) is -1.36. The van der Waals surface area contributed by atoms with Crippen LogP contribution in [0, 0.1) is 11.8 Å². The van der Waals surface area contributed by atoms with E-state index in [1.54, 1.807) is 0 Å².